The maximum absolute atomic E-state index is 8.60. The average Bonchev–Trinajstić information content (AvgIpc) is 1.88. The van der Waals surface area contributed by atoms with Crippen molar-refractivity contribution in [2.24, 2.45) is 0 Å². The van der Waals surface area contributed by atoms with E-state index in [0.29, 0.717) is 0 Å². The fourth-order valence-corrected chi connectivity index (χ4v) is 0.604. The Kier molecular flexibility index (Phi) is 5.69. The Bertz CT molecular complexity index is 75.1. The third-order valence-corrected chi connectivity index (χ3v) is 0.957. The van der Waals surface area contributed by atoms with Crippen molar-refractivity contribution in [3.8, 4) is 0 Å². The van der Waals surface area contributed by atoms with Crippen LogP contribution in [-0.4, -0.2) is 30.8 Å². The average molecular weight is 187 g/mol. The highest BCUT2D eigenvalue weighted by molar-refractivity contribution is 4.59. The van der Waals surface area contributed by atoms with E-state index >= 15 is 0 Å². The largest absolute Gasteiger partial charge is 0.314 e. The molecule has 1 fully saturated rings. The van der Waals surface area contributed by atoms with Crippen molar-refractivity contribution >= 4 is 0 Å². The lowest BCUT2D eigenvalue weighted by Crippen LogP contribution is -2.58. The van der Waals surface area contributed by atoms with E-state index in [1.807, 2.05) is 0 Å². The third kappa shape index (κ3) is 17.8. The molecular weight excluding hydrogens is 176 g/mol. The summed E-state index contributed by atoms with van der Waals surface area (Å²) in [5.74, 6) is 0. The Morgan fingerprint density at radius 3 is 1.18 bits per heavy atom. The van der Waals surface area contributed by atoms with E-state index in [0.717, 1.165) is 26.2 Å². The van der Waals surface area contributed by atoms with Crippen LogP contribution in [0.25, 0.3) is 0 Å². The second-order valence-electron chi connectivity index (χ2n) is 1.90. The molecule has 0 radical (unpaired) electrons. The molecule has 6 nitrogen and oxygen atoms in total. The predicted octanol–water partition coefficient (Wildman–Crippen LogP) is -4.94. The van der Waals surface area contributed by atoms with E-state index in [1.165, 1.54) is 0 Å². The van der Waals surface area contributed by atoms with Gasteiger partial charge in [0.25, 0.3) is 0 Å². The van der Waals surface area contributed by atoms with Gasteiger partial charge in [-0.3, -0.25) is 0 Å². The minimum atomic E-state index is -4.69. The summed E-state index contributed by atoms with van der Waals surface area (Å²) in [5, 5.41) is 6.44. The lowest BCUT2D eigenvalue weighted by atomic mass is 10.4. The second-order valence-corrected chi connectivity index (χ2v) is 2.69. The summed E-state index contributed by atoms with van der Waals surface area (Å²) in [6, 6.07) is 0. The van der Waals surface area contributed by atoms with E-state index in [-0.39, 0.29) is 0 Å². The van der Waals surface area contributed by atoms with Gasteiger partial charge in [0.1, 0.15) is 0 Å². The molecule has 1 saturated heterocycles. The first-order valence-electron chi connectivity index (χ1n) is 3.05. The van der Waals surface area contributed by atoms with Gasteiger partial charge in [-0.1, -0.05) is 0 Å². The highest BCUT2D eigenvalue weighted by Crippen LogP contribution is 1.65. The molecule has 1 heterocycles. The maximum Gasteiger partial charge on any atom is 0.0777 e. The first-order valence-corrected chi connectivity index (χ1v) is 4.31. The van der Waals surface area contributed by atoms with Crippen LogP contribution >= 0.6 is 0 Å². The van der Waals surface area contributed by atoms with Crippen LogP contribution in [0.2, 0.25) is 0 Å². The van der Waals surface area contributed by atoms with Crippen LogP contribution in [0.3, 0.4) is 0 Å². The first kappa shape index (κ1) is 11.1. The smallest absolute Gasteiger partial charge is 0.0777 e. The number of rotatable bonds is 0. The predicted molar refractivity (Wildman–Crippen MR) is 28.0 cm³/mol. The molecule has 0 atom stereocenters. The fraction of sp³-hybridized carbons (Fsp3) is 1.00. The van der Waals surface area contributed by atoms with Gasteiger partial charge in [0.05, 0.1) is 14.9 Å². The molecular formula is C4H11ClN2O4. The van der Waals surface area contributed by atoms with Crippen LogP contribution in [-0.2, 0) is 0 Å². The molecule has 0 aliphatic carbocycles. The van der Waals surface area contributed by atoms with Crippen LogP contribution in [0.15, 0.2) is 0 Å². The molecule has 1 aliphatic rings. The van der Waals surface area contributed by atoms with E-state index in [1.54, 1.807) is 0 Å². The minimum Gasteiger partial charge on any atom is -0.314 e. The van der Waals surface area contributed by atoms with E-state index in [9.17, 15) is 0 Å². The molecule has 11 heavy (non-hydrogen) atoms. The van der Waals surface area contributed by atoms with Gasteiger partial charge in [-0.05, 0) is 0 Å². The van der Waals surface area contributed by atoms with Gasteiger partial charge in [0.2, 0.25) is 0 Å². The summed E-state index contributed by atoms with van der Waals surface area (Å²) in [6.45, 7) is 4.56. The maximum atomic E-state index is 8.60. The zero-order chi connectivity index (χ0) is 8.74. The molecule has 0 bridgehead atoms. The summed E-state index contributed by atoms with van der Waals surface area (Å²) >= 11 is 0. The number of hydrogen-bond donors (Lipinski definition) is 3. The van der Waals surface area contributed by atoms with Gasteiger partial charge >= 0.3 is 0 Å². The number of nitrogens with one attached hydrogen (secondary N) is 2. The summed E-state index contributed by atoms with van der Waals surface area (Å²) in [5.41, 5.74) is 0. The standard InChI is InChI=1S/C4H10N2.ClHO4/c1-2-6-4-3-5-1;2-1(3,4)5/h5-6H,1-4H2;(H,2,3,4,5). The Hall–Kier alpha value is 0.0500. The Balaban J connectivity index is 0.000000187. The van der Waals surface area contributed by atoms with Gasteiger partial charge in [-0.2, -0.15) is 14.0 Å². The molecule has 7 heteroatoms. The van der Waals surface area contributed by atoms with E-state index < -0.39 is 10.2 Å². The monoisotopic (exact) mass is 186 g/mol. The van der Waals surface area contributed by atoms with Crippen LogP contribution in [0.1, 0.15) is 0 Å². The second kappa shape index (κ2) is 5.67. The zero-order valence-electron chi connectivity index (χ0n) is 5.88. The van der Waals surface area contributed by atoms with E-state index in [2.05, 4.69) is 10.6 Å². The highest BCUT2D eigenvalue weighted by atomic mass is 35.7. The zero-order valence-corrected chi connectivity index (χ0v) is 6.63. The quantitative estimate of drug-likeness (QED) is 0.349. The lowest BCUT2D eigenvalue weighted by Gasteiger charge is -2.11. The van der Waals surface area contributed by atoms with Crippen LogP contribution in [0.4, 0.5) is 0 Å². The van der Waals surface area contributed by atoms with Gasteiger partial charge in [0, 0.05) is 26.2 Å². The summed E-state index contributed by atoms with van der Waals surface area (Å²) in [4.78, 5) is 0. The molecule has 0 amide bonds. The fourth-order valence-electron chi connectivity index (χ4n) is 0.604. The van der Waals surface area contributed by atoms with Crippen molar-refractivity contribution in [3.63, 3.8) is 0 Å². The molecule has 0 saturated carbocycles. The Morgan fingerprint density at radius 2 is 1.09 bits per heavy atom. The van der Waals surface area contributed by atoms with Crippen molar-refractivity contribution < 1.29 is 28.9 Å². The number of hydrogen-bond acceptors (Lipinski definition) is 6. The SMILES string of the molecule is C1CNCCN1.[O-][Cl+3]([O-])([O-])O. The molecule has 1 aliphatic heterocycles. The molecule has 3 N–H and O–H groups in total. The van der Waals surface area contributed by atoms with Crippen molar-refractivity contribution in [3.05, 3.63) is 0 Å². The summed E-state index contributed by atoms with van der Waals surface area (Å²) in [6.07, 6.45) is 0. The van der Waals surface area contributed by atoms with Crippen LogP contribution < -0.4 is 24.6 Å². The van der Waals surface area contributed by atoms with Gasteiger partial charge in [-0.15, -0.1) is 0 Å². The van der Waals surface area contributed by atoms with Gasteiger partial charge < -0.3 is 10.6 Å². The summed E-state index contributed by atoms with van der Waals surface area (Å²) < 4.78 is 32.7. The summed E-state index contributed by atoms with van der Waals surface area (Å²) in [7, 11) is -4.69. The van der Waals surface area contributed by atoms with Crippen molar-refractivity contribution in [1.29, 1.82) is 0 Å². The molecule has 0 aromatic heterocycles. The number of halogens is 1. The first-order chi connectivity index (χ1) is 5.00. The van der Waals surface area contributed by atoms with Gasteiger partial charge in [0.15, 0.2) is 0 Å². The Labute approximate surface area is 66.6 Å². The van der Waals surface area contributed by atoms with E-state index in [4.69, 9.17) is 18.6 Å². The molecule has 0 aromatic rings. The normalized spacial score (nSPS) is 18.5. The van der Waals surface area contributed by atoms with Crippen LogP contribution in [0.5, 0.6) is 0 Å². The lowest BCUT2D eigenvalue weighted by molar-refractivity contribution is -1.92. The number of piperazine rings is 1. The third-order valence-electron chi connectivity index (χ3n) is 0.957. The van der Waals surface area contributed by atoms with Crippen LogP contribution in [0, 0.1) is 10.2 Å². The molecule has 1 rings (SSSR count). The molecule has 0 spiro atoms. The minimum absolute atomic E-state index is 1.14. The van der Waals surface area contributed by atoms with Crippen molar-refractivity contribution in [1.82, 2.24) is 10.6 Å². The highest BCUT2D eigenvalue weighted by Gasteiger charge is 1.98. The van der Waals surface area contributed by atoms with Crippen molar-refractivity contribution in [2.75, 3.05) is 26.2 Å². The molecule has 68 valence electrons. The molecule has 0 unspecified atom stereocenters. The van der Waals surface area contributed by atoms with Gasteiger partial charge in [-0.25, -0.2) is 0 Å². The topological polar surface area (TPSA) is 113 Å². The van der Waals surface area contributed by atoms with Crippen molar-refractivity contribution in [2.45, 2.75) is 0 Å². The Morgan fingerprint density at radius 1 is 0.909 bits per heavy atom. The molecule has 0 aromatic carbocycles.